The lowest BCUT2D eigenvalue weighted by atomic mass is 10.1. The molecular formula is C21H17N3O. The van der Waals surface area contributed by atoms with Gasteiger partial charge in [-0.1, -0.05) is 66.7 Å². The van der Waals surface area contributed by atoms with Crippen molar-refractivity contribution >= 4 is 17.4 Å². The first kappa shape index (κ1) is 15.1. The fourth-order valence-corrected chi connectivity index (χ4v) is 2.87. The van der Waals surface area contributed by atoms with Crippen molar-refractivity contribution in [3.8, 4) is 11.3 Å². The first-order valence-corrected chi connectivity index (χ1v) is 8.17. The molecule has 2 aromatic heterocycles. The minimum Gasteiger partial charge on any atom is -0.310 e. The molecule has 1 amide bonds. The molecule has 0 saturated carbocycles. The van der Waals surface area contributed by atoms with E-state index < -0.39 is 0 Å². The molecule has 0 bridgehead atoms. The Bertz CT molecular complexity index is 1010. The zero-order valence-electron chi connectivity index (χ0n) is 13.6. The monoisotopic (exact) mass is 327 g/mol. The summed E-state index contributed by atoms with van der Waals surface area (Å²) in [6, 6.07) is 25.4. The number of hydrogen-bond acceptors (Lipinski definition) is 2. The summed E-state index contributed by atoms with van der Waals surface area (Å²) in [6.07, 6.45) is 2.24. The number of anilines is 1. The second-order valence-electron chi connectivity index (χ2n) is 5.81. The van der Waals surface area contributed by atoms with Gasteiger partial charge in [0.2, 0.25) is 5.91 Å². The number of benzene rings is 2. The highest BCUT2D eigenvalue weighted by Crippen LogP contribution is 2.28. The molecule has 0 aliphatic carbocycles. The van der Waals surface area contributed by atoms with Crippen molar-refractivity contribution in [3.63, 3.8) is 0 Å². The third kappa shape index (κ3) is 3.15. The summed E-state index contributed by atoms with van der Waals surface area (Å²) in [7, 11) is 0. The summed E-state index contributed by atoms with van der Waals surface area (Å²) in [5.74, 6) is 0.636. The van der Waals surface area contributed by atoms with Gasteiger partial charge >= 0.3 is 0 Å². The number of pyridine rings is 1. The van der Waals surface area contributed by atoms with Crippen LogP contribution in [0.15, 0.2) is 85.1 Å². The van der Waals surface area contributed by atoms with E-state index >= 15 is 0 Å². The number of fused-ring (bicyclic) bond motifs is 1. The molecule has 0 fully saturated rings. The maximum Gasteiger partial charge on any atom is 0.229 e. The van der Waals surface area contributed by atoms with E-state index in [0.717, 1.165) is 22.5 Å². The van der Waals surface area contributed by atoms with Crippen molar-refractivity contribution in [3.05, 3.63) is 90.6 Å². The van der Waals surface area contributed by atoms with Crippen LogP contribution in [0.4, 0.5) is 5.82 Å². The fraction of sp³-hybridized carbons (Fsp3) is 0.0476. The summed E-state index contributed by atoms with van der Waals surface area (Å²) in [5.41, 5.74) is 3.53. The van der Waals surface area contributed by atoms with Gasteiger partial charge in [-0.05, 0) is 17.7 Å². The summed E-state index contributed by atoms with van der Waals surface area (Å²) >= 11 is 0. The highest BCUT2D eigenvalue weighted by molar-refractivity contribution is 5.95. The number of rotatable bonds is 4. The number of amides is 1. The van der Waals surface area contributed by atoms with E-state index in [0.29, 0.717) is 12.2 Å². The van der Waals surface area contributed by atoms with E-state index in [9.17, 15) is 4.79 Å². The van der Waals surface area contributed by atoms with Crippen LogP contribution in [0.25, 0.3) is 16.9 Å². The highest BCUT2D eigenvalue weighted by Gasteiger charge is 2.16. The normalized spacial score (nSPS) is 10.7. The zero-order chi connectivity index (χ0) is 17.1. The predicted octanol–water partition coefficient (Wildman–Crippen LogP) is 4.18. The van der Waals surface area contributed by atoms with Crippen LogP contribution < -0.4 is 5.32 Å². The molecule has 4 rings (SSSR count). The molecule has 2 aromatic carbocycles. The number of carbonyl (C=O) groups excluding carboxylic acids is 1. The van der Waals surface area contributed by atoms with Crippen LogP contribution >= 0.6 is 0 Å². The second-order valence-corrected chi connectivity index (χ2v) is 5.81. The second kappa shape index (κ2) is 6.61. The first-order valence-electron chi connectivity index (χ1n) is 8.17. The van der Waals surface area contributed by atoms with Gasteiger partial charge in [-0.25, -0.2) is 4.98 Å². The Kier molecular flexibility index (Phi) is 4.01. The summed E-state index contributed by atoms with van der Waals surface area (Å²) < 4.78 is 1.91. The largest absolute Gasteiger partial charge is 0.310 e. The maximum absolute atomic E-state index is 12.6. The van der Waals surface area contributed by atoms with Crippen molar-refractivity contribution in [2.45, 2.75) is 6.42 Å². The Morgan fingerprint density at radius 3 is 2.32 bits per heavy atom. The minimum atomic E-state index is -0.0611. The van der Waals surface area contributed by atoms with Crippen molar-refractivity contribution in [2.75, 3.05) is 5.32 Å². The van der Waals surface area contributed by atoms with Gasteiger partial charge in [-0.2, -0.15) is 0 Å². The minimum absolute atomic E-state index is 0.0611. The standard InChI is InChI=1S/C21H17N3O/c25-19(15-16-9-3-1-4-10-16)23-21-20(17-11-5-2-6-12-17)22-18-13-7-8-14-24(18)21/h1-14H,15H2,(H,23,25). The SMILES string of the molecule is O=C(Cc1ccccc1)Nc1c(-c2ccccc2)nc2ccccn12. The van der Waals surface area contributed by atoms with Gasteiger partial charge in [-0.15, -0.1) is 0 Å². The molecule has 4 heteroatoms. The van der Waals surface area contributed by atoms with E-state index in [-0.39, 0.29) is 5.91 Å². The van der Waals surface area contributed by atoms with Gasteiger partial charge < -0.3 is 5.32 Å². The molecule has 0 spiro atoms. The molecule has 4 nitrogen and oxygen atoms in total. The molecule has 0 aliphatic rings. The molecule has 0 aliphatic heterocycles. The van der Waals surface area contributed by atoms with Crippen LogP contribution in [-0.4, -0.2) is 15.3 Å². The quantitative estimate of drug-likeness (QED) is 0.611. The van der Waals surface area contributed by atoms with Crippen LogP contribution in [0.3, 0.4) is 0 Å². The van der Waals surface area contributed by atoms with Crippen LogP contribution in [0.1, 0.15) is 5.56 Å². The van der Waals surface area contributed by atoms with Crippen LogP contribution in [-0.2, 0) is 11.2 Å². The average molecular weight is 327 g/mol. The Balaban J connectivity index is 1.71. The lowest BCUT2D eigenvalue weighted by Gasteiger charge is -2.08. The molecule has 122 valence electrons. The number of aromatic nitrogens is 2. The van der Waals surface area contributed by atoms with Crippen LogP contribution in [0, 0.1) is 0 Å². The highest BCUT2D eigenvalue weighted by atomic mass is 16.1. The molecule has 0 radical (unpaired) electrons. The van der Waals surface area contributed by atoms with Gasteiger partial charge in [0.15, 0.2) is 0 Å². The van der Waals surface area contributed by atoms with Crippen molar-refractivity contribution in [1.82, 2.24) is 9.38 Å². The van der Waals surface area contributed by atoms with E-state index in [1.54, 1.807) is 0 Å². The number of imidazole rings is 1. The Morgan fingerprint density at radius 1 is 0.880 bits per heavy atom. The molecule has 1 N–H and O–H groups in total. The lowest BCUT2D eigenvalue weighted by Crippen LogP contribution is -2.16. The fourth-order valence-electron chi connectivity index (χ4n) is 2.87. The number of nitrogens with zero attached hydrogens (tertiary/aromatic N) is 2. The average Bonchev–Trinajstić information content (AvgIpc) is 3.02. The Morgan fingerprint density at radius 2 is 1.56 bits per heavy atom. The maximum atomic E-state index is 12.6. The Labute approximate surface area is 145 Å². The van der Waals surface area contributed by atoms with E-state index in [1.807, 2.05) is 89.5 Å². The Hall–Kier alpha value is -3.40. The lowest BCUT2D eigenvalue weighted by molar-refractivity contribution is -0.115. The first-order chi connectivity index (χ1) is 12.3. The molecule has 0 unspecified atom stereocenters. The van der Waals surface area contributed by atoms with Crippen molar-refractivity contribution < 1.29 is 4.79 Å². The number of carbonyl (C=O) groups is 1. The number of hydrogen-bond donors (Lipinski definition) is 1. The van der Waals surface area contributed by atoms with E-state index in [1.165, 1.54) is 0 Å². The van der Waals surface area contributed by atoms with Gasteiger partial charge in [-0.3, -0.25) is 9.20 Å². The third-order valence-corrected chi connectivity index (χ3v) is 4.04. The van der Waals surface area contributed by atoms with Crippen LogP contribution in [0.5, 0.6) is 0 Å². The van der Waals surface area contributed by atoms with Gasteiger partial charge in [0.1, 0.15) is 17.2 Å². The topological polar surface area (TPSA) is 46.4 Å². The van der Waals surface area contributed by atoms with Crippen LogP contribution in [0.2, 0.25) is 0 Å². The molecule has 4 aromatic rings. The third-order valence-electron chi connectivity index (χ3n) is 4.04. The van der Waals surface area contributed by atoms with E-state index in [4.69, 9.17) is 4.98 Å². The summed E-state index contributed by atoms with van der Waals surface area (Å²) in [5, 5.41) is 3.04. The molecular weight excluding hydrogens is 310 g/mol. The van der Waals surface area contributed by atoms with E-state index in [2.05, 4.69) is 5.32 Å². The number of nitrogens with one attached hydrogen (secondary N) is 1. The smallest absolute Gasteiger partial charge is 0.229 e. The molecule has 0 saturated heterocycles. The van der Waals surface area contributed by atoms with Crippen molar-refractivity contribution in [1.29, 1.82) is 0 Å². The molecule has 25 heavy (non-hydrogen) atoms. The zero-order valence-corrected chi connectivity index (χ0v) is 13.6. The van der Waals surface area contributed by atoms with Gasteiger partial charge in [0.05, 0.1) is 6.42 Å². The van der Waals surface area contributed by atoms with Crippen molar-refractivity contribution in [2.24, 2.45) is 0 Å². The molecule has 0 atom stereocenters. The molecule has 2 heterocycles. The summed E-state index contributed by atoms with van der Waals surface area (Å²) in [4.78, 5) is 17.2. The van der Waals surface area contributed by atoms with Gasteiger partial charge in [0.25, 0.3) is 0 Å². The predicted molar refractivity (Wildman–Crippen MR) is 99.4 cm³/mol. The summed E-state index contributed by atoms with van der Waals surface area (Å²) in [6.45, 7) is 0. The van der Waals surface area contributed by atoms with Gasteiger partial charge in [0, 0.05) is 11.8 Å².